The third-order valence-corrected chi connectivity index (χ3v) is 4.50. The maximum atomic E-state index is 10.4. The standard InChI is InChI=1S/C16H26N6O/c1-13-18-14(2)22(19-13)10-15-6-3-4-8-20(15)11-16(23)12-21-9-5-7-17-21/h5,7,9,15-16,23H,3-4,6,8,10-12H2,1-2H3/t15-,16+/m0/s1. The molecule has 2 atom stereocenters. The van der Waals surface area contributed by atoms with Crippen LogP contribution in [0.15, 0.2) is 18.5 Å². The van der Waals surface area contributed by atoms with Crippen molar-refractivity contribution in [1.82, 2.24) is 29.4 Å². The Kier molecular flexibility index (Phi) is 5.07. The van der Waals surface area contributed by atoms with E-state index in [9.17, 15) is 5.11 Å². The van der Waals surface area contributed by atoms with E-state index in [1.54, 1.807) is 10.9 Å². The maximum Gasteiger partial charge on any atom is 0.147 e. The molecule has 3 heterocycles. The van der Waals surface area contributed by atoms with E-state index in [1.807, 2.05) is 30.8 Å². The highest BCUT2D eigenvalue weighted by molar-refractivity contribution is 4.90. The van der Waals surface area contributed by atoms with Gasteiger partial charge in [-0.3, -0.25) is 9.58 Å². The molecule has 2 aromatic rings. The van der Waals surface area contributed by atoms with Crippen LogP contribution in [0.4, 0.5) is 0 Å². The lowest BCUT2D eigenvalue weighted by Crippen LogP contribution is -2.46. The van der Waals surface area contributed by atoms with Crippen molar-refractivity contribution in [3.63, 3.8) is 0 Å². The van der Waals surface area contributed by atoms with Crippen LogP contribution in [0.1, 0.15) is 30.9 Å². The average Bonchev–Trinajstić information content (AvgIpc) is 3.11. The normalized spacial score (nSPS) is 20.7. The van der Waals surface area contributed by atoms with Gasteiger partial charge in [-0.1, -0.05) is 6.42 Å². The molecular formula is C16H26N6O. The molecule has 0 bridgehead atoms. The van der Waals surface area contributed by atoms with Gasteiger partial charge in [0.1, 0.15) is 11.6 Å². The molecular weight excluding hydrogens is 292 g/mol. The summed E-state index contributed by atoms with van der Waals surface area (Å²) in [5.74, 6) is 1.79. The third-order valence-electron chi connectivity index (χ3n) is 4.50. The summed E-state index contributed by atoms with van der Waals surface area (Å²) in [6.45, 7) is 7.03. The fourth-order valence-electron chi connectivity index (χ4n) is 3.39. The quantitative estimate of drug-likeness (QED) is 0.860. The molecule has 0 radical (unpaired) electrons. The predicted molar refractivity (Wildman–Crippen MR) is 86.9 cm³/mol. The van der Waals surface area contributed by atoms with Gasteiger partial charge in [0, 0.05) is 25.0 Å². The second-order valence-corrected chi connectivity index (χ2v) is 6.41. The fourth-order valence-corrected chi connectivity index (χ4v) is 3.39. The molecule has 126 valence electrons. The van der Waals surface area contributed by atoms with Crippen molar-refractivity contribution < 1.29 is 5.11 Å². The molecule has 0 amide bonds. The maximum absolute atomic E-state index is 10.4. The van der Waals surface area contributed by atoms with Crippen molar-refractivity contribution in [3.05, 3.63) is 30.1 Å². The minimum Gasteiger partial charge on any atom is -0.390 e. The zero-order valence-corrected chi connectivity index (χ0v) is 14.0. The van der Waals surface area contributed by atoms with Crippen molar-refractivity contribution in [1.29, 1.82) is 0 Å². The minimum absolute atomic E-state index is 0.408. The van der Waals surface area contributed by atoms with Crippen molar-refractivity contribution in [3.8, 4) is 0 Å². The molecule has 0 aliphatic carbocycles. The average molecular weight is 318 g/mol. The molecule has 1 N–H and O–H groups in total. The van der Waals surface area contributed by atoms with Crippen LogP contribution < -0.4 is 0 Å². The van der Waals surface area contributed by atoms with Gasteiger partial charge >= 0.3 is 0 Å². The fraction of sp³-hybridized carbons (Fsp3) is 0.688. The monoisotopic (exact) mass is 318 g/mol. The Morgan fingerprint density at radius 2 is 2.17 bits per heavy atom. The summed E-state index contributed by atoms with van der Waals surface area (Å²) in [5, 5.41) is 19.0. The van der Waals surface area contributed by atoms with E-state index in [-0.39, 0.29) is 0 Å². The number of hydrogen-bond donors (Lipinski definition) is 1. The molecule has 3 rings (SSSR count). The number of rotatable bonds is 6. The summed E-state index contributed by atoms with van der Waals surface area (Å²) in [6.07, 6.45) is 6.80. The number of aromatic nitrogens is 5. The van der Waals surface area contributed by atoms with E-state index in [0.29, 0.717) is 19.1 Å². The van der Waals surface area contributed by atoms with Gasteiger partial charge in [0.25, 0.3) is 0 Å². The number of aliphatic hydroxyl groups excluding tert-OH is 1. The Labute approximate surface area is 136 Å². The predicted octanol–water partition coefficient (Wildman–Crippen LogP) is 1.01. The second kappa shape index (κ2) is 7.23. The Morgan fingerprint density at radius 1 is 1.30 bits per heavy atom. The van der Waals surface area contributed by atoms with Gasteiger partial charge in [0.15, 0.2) is 0 Å². The zero-order valence-electron chi connectivity index (χ0n) is 14.0. The van der Waals surface area contributed by atoms with Crippen LogP contribution >= 0.6 is 0 Å². The summed E-state index contributed by atoms with van der Waals surface area (Å²) in [5.41, 5.74) is 0. The highest BCUT2D eigenvalue weighted by Crippen LogP contribution is 2.19. The van der Waals surface area contributed by atoms with Crippen molar-refractivity contribution in [2.24, 2.45) is 0 Å². The van der Waals surface area contributed by atoms with E-state index in [0.717, 1.165) is 31.2 Å². The van der Waals surface area contributed by atoms with Crippen molar-refractivity contribution >= 4 is 0 Å². The Balaban J connectivity index is 1.60. The first-order chi connectivity index (χ1) is 11.1. The van der Waals surface area contributed by atoms with Gasteiger partial charge < -0.3 is 5.11 Å². The topological polar surface area (TPSA) is 72.0 Å². The van der Waals surface area contributed by atoms with Gasteiger partial charge in [-0.05, 0) is 39.3 Å². The lowest BCUT2D eigenvalue weighted by molar-refractivity contribution is 0.0493. The van der Waals surface area contributed by atoms with Crippen LogP contribution in [0.25, 0.3) is 0 Å². The zero-order chi connectivity index (χ0) is 16.2. The summed E-state index contributed by atoms with van der Waals surface area (Å²) in [4.78, 5) is 6.78. The number of β-amino-alcohol motifs (C(OH)–C–C–N with tert-alkyl or cyclic N) is 1. The highest BCUT2D eigenvalue weighted by atomic mass is 16.3. The number of nitrogens with zero attached hydrogens (tertiary/aromatic N) is 6. The van der Waals surface area contributed by atoms with Crippen LogP contribution in [0.3, 0.4) is 0 Å². The van der Waals surface area contributed by atoms with Crippen LogP contribution in [0.2, 0.25) is 0 Å². The van der Waals surface area contributed by atoms with Crippen molar-refractivity contribution in [2.45, 2.75) is 58.3 Å². The van der Waals surface area contributed by atoms with E-state index in [4.69, 9.17) is 0 Å². The first kappa shape index (κ1) is 16.1. The summed E-state index contributed by atoms with van der Waals surface area (Å²) in [7, 11) is 0. The molecule has 1 aliphatic rings. The van der Waals surface area contributed by atoms with E-state index in [1.165, 1.54) is 12.8 Å². The smallest absolute Gasteiger partial charge is 0.147 e. The summed E-state index contributed by atoms with van der Waals surface area (Å²) in [6, 6.07) is 2.29. The van der Waals surface area contributed by atoms with Gasteiger partial charge in [0.2, 0.25) is 0 Å². The number of hydrogen-bond acceptors (Lipinski definition) is 5. The Morgan fingerprint density at radius 3 is 2.87 bits per heavy atom. The summed E-state index contributed by atoms with van der Waals surface area (Å²) < 4.78 is 3.78. The number of likely N-dealkylation sites (tertiary alicyclic amines) is 1. The molecule has 2 aromatic heterocycles. The van der Waals surface area contributed by atoms with Gasteiger partial charge in [0.05, 0.1) is 19.2 Å². The molecule has 7 nitrogen and oxygen atoms in total. The molecule has 7 heteroatoms. The van der Waals surface area contributed by atoms with Gasteiger partial charge in [-0.15, -0.1) is 0 Å². The van der Waals surface area contributed by atoms with Crippen LogP contribution in [-0.2, 0) is 13.1 Å². The third kappa shape index (κ3) is 4.17. The molecule has 0 saturated carbocycles. The lowest BCUT2D eigenvalue weighted by Gasteiger charge is -2.36. The van der Waals surface area contributed by atoms with Crippen molar-refractivity contribution in [2.75, 3.05) is 13.1 Å². The van der Waals surface area contributed by atoms with Crippen LogP contribution in [-0.4, -0.2) is 59.8 Å². The van der Waals surface area contributed by atoms with E-state index >= 15 is 0 Å². The van der Waals surface area contributed by atoms with Crippen LogP contribution in [0.5, 0.6) is 0 Å². The highest BCUT2D eigenvalue weighted by Gasteiger charge is 2.25. The van der Waals surface area contributed by atoms with Crippen LogP contribution in [0, 0.1) is 13.8 Å². The SMILES string of the molecule is Cc1nc(C)n(C[C@@H]2CCCCN2C[C@@H](O)Cn2cccn2)n1. The van der Waals surface area contributed by atoms with E-state index < -0.39 is 6.10 Å². The van der Waals surface area contributed by atoms with Gasteiger partial charge in [-0.25, -0.2) is 9.67 Å². The Hall–Kier alpha value is -1.73. The van der Waals surface area contributed by atoms with E-state index in [2.05, 4.69) is 20.1 Å². The molecule has 1 aliphatic heterocycles. The lowest BCUT2D eigenvalue weighted by atomic mass is 10.0. The molecule has 1 saturated heterocycles. The molecule has 0 spiro atoms. The largest absolute Gasteiger partial charge is 0.390 e. The molecule has 1 fully saturated rings. The molecule has 0 aromatic carbocycles. The summed E-state index contributed by atoms with van der Waals surface area (Å²) >= 11 is 0. The number of aryl methyl sites for hydroxylation is 2. The molecule has 23 heavy (non-hydrogen) atoms. The first-order valence-electron chi connectivity index (χ1n) is 8.39. The first-order valence-corrected chi connectivity index (χ1v) is 8.39. The number of aliphatic hydroxyl groups is 1. The second-order valence-electron chi connectivity index (χ2n) is 6.41. The number of piperidine rings is 1. The Bertz CT molecular complexity index is 608. The molecule has 0 unspecified atom stereocenters. The minimum atomic E-state index is -0.408. The van der Waals surface area contributed by atoms with Gasteiger partial charge in [-0.2, -0.15) is 10.2 Å².